The molecule has 3 heterocycles. The smallest absolute Gasteiger partial charge is 0.409 e. The van der Waals surface area contributed by atoms with Crippen LogP contribution < -0.4 is 16.4 Å². The molecule has 14 heteroatoms. The van der Waals surface area contributed by atoms with Gasteiger partial charge in [-0.1, -0.05) is 34.8 Å². The molecule has 1 aromatic carbocycles. The number of anilines is 3. The van der Waals surface area contributed by atoms with Crippen LogP contribution in [0.15, 0.2) is 18.3 Å². The molecule has 1 aliphatic carbocycles. The van der Waals surface area contributed by atoms with Crippen LogP contribution in [-0.4, -0.2) is 62.7 Å². The number of carbonyl (C=O) groups excluding carboxylic acids is 2. The minimum atomic E-state index is -0.349. The third-order valence-corrected chi connectivity index (χ3v) is 8.14. The van der Waals surface area contributed by atoms with Crippen molar-refractivity contribution in [2.75, 3.05) is 30.8 Å². The number of nitrogens with two attached hydrogens (primary N) is 1. The number of benzene rings is 1. The number of ether oxygens (including phenoxy) is 1. The predicted molar refractivity (Wildman–Crippen MR) is 151 cm³/mol. The average Bonchev–Trinajstić information content (AvgIpc) is 3.27. The quantitative estimate of drug-likeness (QED) is 0.345. The van der Waals surface area contributed by atoms with E-state index >= 15 is 0 Å². The number of rotatable bonds is 6. The summed E-state index contributed by atoms with van der Waals surface area (Å²) in [4.78, 5) is 39.5. The van der Waals surface area contributed by atoms with Gasteiger partial charge in [-0.05, 0) is 50.7 Å². The Morgan fingerprint density at radius 3 is 2.46 bits per heavy atom. The van der Waals surface area contributed by atoms with Crippen LogP contribution in [0.4, 0.5) is 22.4 Å². The van der Waals surface area contributed by atoms with Crippen molar-refractivity contribution in [1.82, 2.24) is 24.4 Å². The van der Waals surface area contributed by atoms with E-state index in [1.165, 1.54) is 7.11 Å². The lowest BCUT2D eigenvalue weighted by Crippen LogP contribution is -2.45. The highest BCUT2D eigenvalue weighted by Gasteiger charge is 2.30. The molecule has 11 nitrogen and oxygen atoms in total. The summed E-state index contributed by atoms with van der Waals surface area (Å²) < 4.78 is 6.90. The van der Waals surface area contributed by atoms with Gasteiger partial charge in [0, 0.05) is 36.1 Å². The molecule has 1 unspecified atom stereocenters. The Labute approximate surface area is 240 Å². The monoisotopic (exact) mass is 594 g/mol. The number of hydrogen-bond acceptors (Lipinski definition) is 8. The number of nitrogens with zero attached hydrogens (tertiary/aromatic N) is 5. The highest BCUT2D eigenvalue weighted by atomic mass is 35.5. The van der Waals surface area contributed by atoms with Gasteiger partial charge in [-0.25, -0.2) is 14.8 Å². The Hall–Kier alpha value is -3.02. The van der Waals surface area contributed by atoms with Gasteiger partial charge in [0.1, 0.15) is 5.52 Å². The highest BCUT2D eigenvalue weighted by Crippen LogP contribution is 2.40. The highest BCUT2D eigenvalue weighted by molar-refractivity contribution is 6.41. The molecule has 2 aliphatic rings. The number of halogens is 3. The largest absolute Gasteiger partial charge is 0.453 e. The molecule has 0 radical (unpaired) electrons. The number of aromatic nitrogens is 4. The van der Waals surface area contributed by atoms with E-state index in [0.717, 1.165) is 25.7 Å². The molecule has 39 heavy (non-hydrogen) atoms. The van der Waals surface area contributed by atoms with Crippen molar-refractivity contribution in [1.29, 1.82) is 0 Å². The predicted octanol–water partition coefficient (Wildman–Crippen LogP) is 5.39. The topological polar surface area (TPSA) is 140 Å². The van der Waals surface area contributed by atoms with Crippen molar-refractivity contribution < 1.29 is 14.3 Å². The summed E-state index contributed by atoms with van der Waals surface area (Å²) in [5, 5.41) is 7.76. The summed E-state index contributed by atoms with van der Waals surface area (Å²) in [6.45, 7) is 1.14. The third-order valence-electron chi connectivity index (χ3n) is 7.33. The average molecular weight is 596 g/mol. The molecule has 1 aliphatic heterocycles. The number of piperidine rings is 1. The van der Waals surface area contributed by atoms with Gasteiger partial charge in [-0.15, -0.1) is 0 Å². The molecule has 1 atom stereocenters. The second-order valence-electron chi connectivity index (χ2n) is 9.88. The van der Waals surface area contributed by atoms with Crippen molar-refractivity contribution in [2.24, 2.45) is 11.7 Å². The van der Waals surface area contributed by atoms with Crippen LogP contribution in [0, 0.1) is 5.92 Å². The SMILES string of the molecule is COC(=O)N1CCCC(Nc2ncc3nc(Nc4c(Cl)cc(Cl)cc4Cl)n([C@H]4CC[C@@H](C(N)=O)CC4)c3n2)C1. The van der Waals surface area contributed by atoms with Crippen LogP contribution in [0.1, 0.15) is 44.6 Å². The Balaban J connectivity index is 1.48. The Kier molecular flexibility index (Phi) is 8.20. The summed E-state index contributed by atoms with van der Waals surface area (Å²) >= 11 is 19.0. The van der Waals surface area contributed by atoms with Crippen LogP contribution in [0.3, 0.4) is 0 Å². The molecule has 4 N–H and O–H groups in total. The number of methoxy groups -OCH3 is 1. The molecule has 208 valence electrons. The van der Waals surface area contributed by atoms with E-state index in [1.807, 2.05) is 4.57 Å². The first kappa shape index (κ1) is 27.5. The van der Waals surface area contributed by atoms with E-state index in [-0.39, 0.29) is 30.0 Å². The van der Waals surface area contributed by atoms with Crippen LogP contribution >= 0.6 is 34.8 Å². The summed E-state index contributed by atoms with van der Waals surface area (Å²) in [5.74, 6) is 0.507. The minimum Gasteiger partial charge on any atom is -0.453 e. The molecule has 0 bridgehead atoms. The molecule has 3 aromatic rings. The molecule has 1 saturated heterocycles. The Morgan fingerprint density at radius 1 is 1.08 bits per heavy atom. The molecular weight excluding hydrogens is 567 g/mol. The standard InChI is InChI=1S/C25H29Cl3N8O3/c1-39-25(38)35-8-2-3-15(12-35)31-23-30-11-19-22(34-23)36(16-6-4-13(5-7-16)21(29)37)24(32-19)33-20-17(27)9-14(26)10-18(20)28/h9-11,13,15-16H,2-8,12H2,1H3,(H2,29,37)(H,32,33)(H,30,31,34)/t13-,15?,16+. The van der Waals surface area contributed by atoms with Crippen LogP contribution in [0.2, 0.25) is 15.1 Å². The number of hydrogen-bond donors (Lipinski definition) is 3. The number of amides is 2. The Bertz CT molecular complexity index is 1370. The number of carbonyl (C=O) groups is 2. The summed E-state index contributed by atoms with van der Waals surface area (Å²) in [5.41, 5.74) is 7.26. The number of likely N-dealkylation sites (tertiary alicyclic amines) is 1. The van der Waals surface area contributed by atoms with Gasteiger partial charge in [0.05, 0.1) is 29.0 Å². The van der Waals surface area contributed by atoms with Crippen molar-refractivity contribution in [2.45, 2.75) is 50.6 Å². The summed E-state index contributed by atoms with van der Waals surface area (Å²) in [7, 11) is 1.38. The van der Waals surface area contributed by atoms with Gasteiger partial charge >= 0.3 is 6.09 Å². The van der Waals surface area contributed by atoms with Gasteiger partial charge in [0.25, 0.3) is 0 Å². The first-order valence-corrected chi connectivity index (χ1v) is 13.9. The first-order chi connectivity index (χ1) is 18.7. The lowest BCUT2D eigenvalue weighted by molar-refractivity contribution is -0.122. The fraction of sp³-hybridized carbons (Fsp3) is 0.480. The minimum absolute atomic E-state index is 0.00481. The molecule has 2 fully saturated rings. The zero-order valence-electron chi connectivity index (χ0n) is 21.3. The van der Waals surface area contributed by atoms with Crippen LogP contribution in [-0.2, 0) is 9.53 Å². The molecule has 0 spiro atoms. The van der Waals surface area contributed by atoms with E-state index in [0.29, 0.717) is 69.7 Å². The summed E-state index contributed by atoms with van der Waals surface area (Å²) in [6, 6.07) is 3.19. The van der Waals surface area contributed by atoms with E-state index in [2.05, 4.69) is 15.6 Å². The third kappa shape index (κ3) is 5.95. The van der Waals surface area contributed by atoms with Crippen molar-refractivity contribution >= 4 is 75.6 Å². The van der Waals surface area contributed by atoms with Gasteiger partial charge in [-0.3, -0.25) is 9.36 Å². The molecule has 1 saturated carbocycles. The molecule has 5 rings (SSSR count). The van der Waals surface area contributed by atoms with E-state index in [9.17, 15) is 9.59 Å². The van der Waals surface area contributed by atoms with E-state index in [4.69, 9.17) is 55.2 Å². The van der Waals surface area contributed by atoms with Crippen LogP contribution in [0.5, 0.6) is 0 Å². The van der Waals surface area contributed by atoms with Crippen molar-refractivity contribution in [3.63, 3.8) is 0 Å². The Morgan fingerprint density at radius 2 is 1.79 bits per heavy atom. The number of fused-ring (bicyclic) bond motifs is 1. The molecule has 2 amide bonds. The normalized spacial score (nSPS) is 21.5. The van der Waals surface area contributed by atoms with Gasteiger partial charge < -0.3 is 26.0 Å². The van der Waals surface area contributed by atoms with Crippen LogP contribution in [0.25, 0.3) is 11.2 Å². The summed E-state index contributed by atoms with van der Waals surface area (Å²) in [6.07, 6.45) is 5.80. The second kappa shape index (κ2) is 11.6. The zero-order valence-corrected chi connectivity index (χ0v) is 23.6. The maximum Gasteiger partial charge on any atom is 0.409 e. The van der Waals surface area contributed by atoms with Gasteiger partial charge in [0.15, 0.2) is 5.65 Å². The van der Waals surface area contributed by atoms with E-state index in [1.54, 1.807) is 23.2 Å². The number of imidazole rings is 1. The number of primary amides is 1. The molecular formula is C25H29Cl3N8O3. The number of nitrogens with one attached hydrogen (secondary N) is 2. The molecule has 2 aromatic heterocycles. The van der Waals surface area contributed by atoms with Crippen molar-refractivity contribution in [3.8, 4) is 0 Å². The second-order valence-corrected chi connectivity index (χ2v) is 11.1. The maximum absolute atomic E-state index is 12.0. The lowest BCUT2D eigenvalue weighted by Gasteiger charge is -2.32. The zero-order chi connectivity index (χ0) is 27.7. The first-order valence-electron chi connectivity index (χ1n) is 12.8. The maximum atomic E-state index is 12.0. The fourth-order valence-electron chi connectivity index (χ4n) is 5.36. The fourth-order valence-corrected chi connectivity index (χ4v) is 6.27. The van der Waals surface area contributed by atoms with Gasteiger partial charge in [0.2, 0.25) is 17.8 Å². The van der Waals surface area contributed by atoms with Crippen molar-refractivity contribution in [3.05, 3.63) is 33.4 Å². The van der Waals surface area contributed by atoms with Gasteiger partial charge in [-0.2, -0.15) is 4.98 Å². The van der Waals surface area contributed by atoms with E-state index < -0.39 is 0 Å². The lowest BCUT2D eigenvalue weighted by atomic mass is 9.85.